The maximum absolute atomic E-state index is 13.1. The van der Waals surface area contributed by atoms with E-state index in [9.17, 15) is 24.5 Å². The summed E-state index contributed by atoms with van der Waals surface area (Å²) < 4.78 is 5.26. The van der Waals surface area contributed by atoms with Gasteiger partial charge in [-0.1, -0.05) is 18.2 Å². The minimum Gasteiger partial charge on any atom is -0.452 e. The molecule has 0 spiro atoms. The molecule has 0 radical (unpaired) electrons. The lowest BCUT2D eigenvalue weighted by molar-refractivity contribution is -0.384. The van der Waals surface area contributed by atoms with Crippen molar-refractivity contribution < 1.29 is 24.0 Å². The molecule has 178 valence electrons. The highest BCUT2D eigenvalue weighted by Crippen LogP contribution is 2.36. The average molecular weight is 474 g/mol. The van der Waals surface area contributed by atoms with Crippen LogP contribution in [0.3, 0.4) is 0 Å². The van der Waals surface area contributed by atoms with Crippen molar-refractivity contribution in [3.8, 4) is 0 Å². The van der Waals surface area contributed by atoms with Gasteiger partial charge in [-0.25, -0.2) is 14.6 Å². The van der Waals surface area contributed by atoms with Crippen molar-refractivity contribution in [1.29, 1.82) is 0 Å². The van der Waals surface area contributed by atoms with E-state index in [0.29, 0.717) is 28.6 Å². The number of nitrogens with one attached hydrogen (secondary N) is 2. The standard InChI is InChI=1S/C25H22N4O6/c1-26-25(32)28-21(30)14-35-24(31)22-18-6-2-3-8-20(18)27-23-16(5-4-7-19(22)23)13-15-9-11-17(12-10-15)29(33)34/h2-3,6,8-13H,4-5,7,14H2,1H3,(H2,26,28,30,32)/b16-13+. The number of nitro benzene ring substituents is 1. The van der Waals surface area contributed by atoms with Crippen LogP contribution in [0.1, 0.15) is 40.0 Å². The molecule has 3 aromatic rings. The van der Waals surface area contributed by atoms with E-state index in [1.54, 1.807) is 30.3 Å². The van der Waals surface area contributed by atoms with E-state index in [0.717, 1.165) is 29.5 Å². The van der Waals surface area contributed by atoms with E-state index in [4.69, 9.17) is 9.72 Å². The predicted octanol–water partition coefficient (Wildman–Crippen LogP) is 3.63. The van der Waals surface area contributed by atoms with Gasteiger partial charge in [0, 0.05) is 24.6 Å². The Morgan fingerprint density at radius 1 is 1.11 bits per heavy atom. The number of para-hydroxylation sites is 1. The monoisotopic (exact) mass is 474 g/mol. The van der Waals surface area contributed by atoms with E-state index in [2.05, 4.69) is 10.6 Å². The number of pyridine rings is 1. The summed E-state index contributed by atoms with van der Waals surface area (Å²) in [5, 5.41) is 15.9. The van der Waals surface area contributed by atoms with Gasteiger partial charge in [-0.3, -0.25) is 20.2 Å². The Balaban J connectivity index is 1.71. The number of hydrogen-bond donors (Lipinski definition) is 2. The van der Waals surface area contributed by atoms with Gasteiger partial charge in [0.1, 0.15) is 0 Å². The average Bonchev–Trinajstić information content (AvgIpc) is 2.86. The highest BCUT2D eigenvalue weighted by Gasteiger charge is 2.26. The number of nitro groups is 1. The Kier molecular flexibility index (Phi) is 6.81. The van der Waals surface area contributed by atoms with Gasteiger partial charge in [0.05, 0.1) is 21.7 Å². The summed E-state index contributed by atoms with van der Waals surface area (Å²) >= 11 is 0. The molecule has 0 bridgehead atoms. The van der Waals surface area contributed by atoms with Crippen LogP contribution < -0.4 is 10.6 Å². The predicted molar refractivity (Wildman–Crippen MR) is 129 cm³/mol. The minimum absolute atomic E-state index is 0.00537. The SMILES string of the molecule is CNC(=O)NC(=O)COC(=O)c1c2c(nc3ccccc13)/C(=C/c1ccc([N+](=O)[O-])cc1)CCC2. The van der Waals surface area contributed by atoms with Gasteiger partial charge < -0.3 is 10.1 Å². The number of hydrogen-bond acceptors (Lipinski definition) is 7. The summed E-state index contributed by atoms with van der Waals surface area (Å²) in [6.07, 6.45) is 4.00. The molecular formula is C25H22N4O6. The van der Waals surface area contributed by atoms with Crippen molar-refractivity contribution in [1.82, 2.24) is 15.6 Å². The lowest BCUT2D eigenvalue weighted by atomic mass is 9.86. The number of aromatic nitrogens is 1. The number of rotatable bonds is 5. The lowest BCUT2D eigenvalue weighted by Crippen LogP contribution is -2.39. The number of esters is 1. The van der Waals surface area contributed by atoms with Crippen LogP contribution in [0.15, 0.2) is 48.5 Å². The molecule has 1 heterocycles. The summed E-state index contributed by atoms with van der Waals surface area (Å²) in [4.78, 5) is 51.7. The number of ether oxygens (including phenoxy) is 1. The quantitative estimate of drug-likeness (QED) is 0.327. The fourth-order valence-electron chi connectivity index (χ4n) is 4.03. The summed E-state index contributed by atoms with van der Waals surface area (Å²) in [5.41, 5.74) is 4.01. The molecule has 2 N–H and O–H groups in total. The molecule has 35 heavy (non-hydrogen) atoms. The highest BCUT2D eigenvalue weighted by molar-refractivity contribution is 6.07. The third kappa shape index (κ3) is 5.16. The first-order valence-electron chi connectivity index (χ1n) is 10.9. The molecule has 0 unspecified atom stereocenters. The Bertz CT molecular complexity index is 1360. The molecular weight excluding hydrogens is 452 g/mol. The second-order valence-corrected chi connectivity index (χ2v) is 7.91. The second-order valence-electron chi connectivity index (χ2n) is 7.91. The van der Waals surface area contributed by atoms with Crippen molar-refractivity contribution in [2.24, 2.45) is 0 Å². The van der Waals surface area contributed by atoms with Crippen LogP contribution in [0.25, 0.3) is 22.6 Å². The number of urea groups is 1. The number of nitrogens with zero attached hydrogens (tertiary/aromatic N) is 2. The maximum Gasteiger partial charge on any atom is 0.339 e. The molecule has 0 aliphatic heterocycles. The first-order chi connectivity index (χ1) is 16.9. The Morgan fingerprint density at radius 3 is 2.57 bits per heavy atom. The zero-order valence-electron chi connectivity index (χ0n) is 18.9. The first kappa shape index (κ1) is 23.6. The third-order valence-corrected chi connectivity index (χ3v) is 5.63. The highest BCUT2D eigenvalue weighted by atomic mass is 16.6. The van der Waals surface area contributed by atoms with Gasteiger partial charge in [0.2, 0.25) is 0 Å². The molecule has 1 aliphatic carbocycles. The molecule has 10 heteroatoms. The van der Waals surface area contributed by atoms with Crippen LogP contribution in [0.5, 0.6) is 0 Å². The topological polar surface area (TPSA) is 141 Å². The Hall–Kier alpha value is -4.60. The number of carbonyl (C=O) groups is 3. The van der Waals surface area contributed by atoms with Crippen molar-refractivity contribution in [2.75, 3.05) is 13.7 Å². The van der Waals surface area contributed by atoms with Gasteiger partial charge in [-0.15, -0.1) is 0 Å². The first-order valence-corrected chi connectivity index (χ1v) is 10.9. The number of benzene rings is 2. The number of imide groups is 1. The second kappa shape index (κ2) is 10.1. The largest absolute Gasteiger partial charge is 0.452 e. The zero-order valence-corrected chi connectivity index (χ0v) is 18.9. The molecule has 10 nitrogen and oxygen atoms in total. The van der Waals surface area contributed by atoms with Crippen LogP contribution in [-0.4, -0.2) is 41.5 Å². The molecule has 0 atom stereocenters. The smallest absolute Gasteiger partial charge is 0.339 e. The van der Waals surface area contributed by atoms with Gasteiger partial charge in [0.25, 0.3) is 11.6 Å². The van der Waals surface area contributed by atoms with E-state index >= 15 is 0 Å². The van der Waals surface area contributed by atoms with Gasteiger partial charge in [-0.2, -0.15) is 0 Å². The molecule has 0 fully saturated rings. The molecule has 3 amide bonds. The van der Waals surface area contributed by atoms with Crippen molar-refractivity contribution in [2.45, 2.75) is 19.3 Å². The Labute approximate surface area is 200 Å². The van der Waals surface area contributed by atoms with Crippen LogP contribution in [0.2, 0.25) is 0 Å². The summed E-state index contributed by atoms with van der Waals surface area (Å²) in [6.45, 7) is -0.608. The lowest BCUT2D eigenvalue weighted by Gasteiger charge is -2.22. The summed E-state index contributed by atoms with van der Waals surface area (Å²) in [7, 11) is 1.37. The van der Waals surface area contributed by atoms with Crippen LogP contribution in [0, 0.1) is 10.1 Å². The van der Waals surface area contributed by atoms with Crippen molar-refractivity contribution in [3.05, 3.63) is 81.0 Å². The number of amides is 3. The molecule has 1 aliphatic rings. The molecule has 4 rings (SSSR count). The normalized spacial score (nSPS) is 13.7. The fourth-order valence-corrected chi connectivity index (χ4v) is 4.03. The van der Waals surface area contributed by atoms with E-state index in [-0.39, 0.29) is 5.69 Å². The van der Waals surface area contributed by atoms with Gasteiger partial charge in [-0.05, 0) is 60.2 Å². The molecule has 0 saturated heterocycles. The van der Waals surface area contributed by atoms with E-state index in [1.807, 2.05) is 12.1 Å². The van der Waals surface area contributed by atoms with Crippen molar-refractivity contribution >= 4 is 46.1 Å². The van der Waals surface area contributed by atoms with Gasteiger partial charge >= 0.3 is 12.0 Å². The molecule has 2 aromatic carbocycles. The number of non-ortho nitro benzene ring substituents is 1. The number of carbonyl (C=O) groups excluding carboxylic acids is 3. The molecule has 0 saturated carbocycles. The maximum atomic E-state index is 13.1. The third-order valence-electron chi connectivity index (χ3n) is 5.63. The summed E-state index contributed by atoms with van der Waals surface area (Å²) in [6, 6.07) is 12.7. The summed E-state index contributed by atoms with van der Waals surface area (Å²) in [5.74, 6) is -1.42. The van der Waals surface area contributed by atoms with E-state index < -0.39 is 29.4 Å². The van der Waals surface area contributed by atoms with E-state index in [1.165, 1.54) is 19.2 Å². The number of allylic oxidation sites excluding steroid dienone is 1. The number of fused-ring (bicyclic) bond motifs is 2. The molecule has 1 aromatic heterocycles. The van der Waals surface area contributed by atoms with Crippen LogP contribution in [-0.2, 0) is 16.0 Å². The van der Waals surface area contributed by atoms with Crippen molar-refractivity contribution in [3.63, 3.8) is 0 Å². The van der Waals surface area contributed by atoms with Crippen LogP contribution >= 0.6 is 0 Å². The Morgan fingerprint density at radius 2 is 1.86 bits per heavy atom. The van der Waals surface area contributed by atoms with Gasteiger partial charge in [0.15, 0.2) is 6.61 Å². The zero-order chi connectivity index (χ0) is 24.9. The van der Waals surface area contributed by atoms with Crippen LogP contribution in [0.4, 0.5) is 10.5 Å². The minimum atomic E-state index is -0.747. The fraction of sp³-hybridized carbons (Fsp3) is 0.200.